The molecule has 2 heterocycles. The maximum absolute atomic E-state index is 12.2. The van der Waals surface area contributed by atoms with Crippen molar-refractivity contribution >= 4 is 34.1 Å². The third-order valence-corrected chi connectivity index (χ3v) is 5.83. The van der Waals surface area contributed by atoms with Crippen LogP contribution in [0.3, 0.4) is 0 Å². The quantitative estimate of drug-likeness (QED) is 0.619. The lowest BCUT2D eigenvalue weighted by atomic mass is 10.2. The van der Waals surface area contributed by atoms with Crippen LogP contribution in [0.2, 0.25) is 0 Å². The highest BCUT2D eigenvalue weighted by Gasteiger charge is 2.22. The molecule has 1 atom stereocenters. The van der Waals surface area contributed by atoms with Crippen molar-refractivity contribution < 1.29 is 4.79 Å². The molecule has 1 unspecified atom stereocenters. The lowest BCUT2D eigenvalue weighted by Gasteiger charge is -2.23. The van der Waals surface area contributed by atoms with Gasteiger partial charge in [0.05, 0.1) is 17.5 Å². The van der Waals surface area contributed by atoms with Crippen molar-refractivity contribution in [3.8, 4) is 0 Å². The molecule has 144 valence electrons. The van der Waals surface area contributed by atoms with Crippen LogP contribution in [0.15, 0.2) is 10.5 Å². The molecule has 1 N–H and O–H groups in total. The lowest BCUT2D eigenvalue weighted by molar-refractivity contribution is -0.113. The fraction of sp³-hybridized carbons (Fsp3) is 0.647. The van der Waals surface area contributed by atoms with Crippen molar-refractivity contribution in [2.45, 2.75) is 57.8 Å². The van der Waals surface area contributed by atoms with E-state index >= 15 is 0 Å². The summed E-state index contributed by atoms with van der Waals surface area (Å²) in [6.45, 7) is 7.11. The van der Waals surface area contributed by atoms with Gasteiger partial charge in [-0.15, -0.1) is 21.5 Å². The number of hydrogen-bond acceptors (Lipinski definition) is 7. The fourth-order valence-corrected chi connectivity index (χ4v) is 4.13. The summed E-state index contributed by atoms with van der Waals surface area (Å²) >= 11 is 2.86. The van der Waals surface area contributed by atoms with Gasteiger partial charge in [0.25, 0.3) is 0 Å². The normalized spacial score (nSPS) is 12.5. The highest BCUT2D eigenvalue weighted by Crippen LogP contribution is 2.26. The molecule has 2 aromatic rings. The van der Waals surface area contributed by atoms with Crippen LogP contribution >= 0.6 is 23.1 Å². The summed E-state index contributed by atoms with van der Waals surface area (Å²) < 4.78 is 2.17. The number of carbonyl (C=O) groups excluding carboxylic acids is 1. The first kappa shape index (κ1) is 20.9. The Morgan fingerprint density at radius 3 is 2.73 bits per heavy atom. The second-order valence-corrected chi connectivity index (χ2v) is 8.17. The number of aromatic nitrogens is 4. The first-order valence-electron chi connectivity index (χ1n) is 8.90. The van der Waals surface area contributed by atoms with Crippen LogP contribution in [-0.2, 0) is 11.3 Å². The highest BCUT2D eigenvalue weighted by atomic mass is 32.2. The number of nitrogens with one attached hydrogen (secondary N) is 1. The van der Waals surface area contributed by atoms with E-state index in [0.29, 0.717) is 10.9 Å². The van der Waals surface area contributed by atoms with E-state index in [1.165, 1.54) is 23.1 Å². The molecule has 0 aromatic carbocycles. The molecular weight excluding hydrogens is 368 g/mol. The van der Waals surface area contributed by atoms with Gasteiger partial charge in [0.15, 0.2) is 16.1 Å². The van der Waals surface area contributed by atoms with E-state index in [-0.39, 0.29) is 11.9 Å². The van der Waals surface area contributed by atoms with Gasteiger partial charge in [0.1, 0.15) is 0 Å². The Bertz CT molecular complexity index is 712. The van der Waals surface area contributed by atoms with Gasteiger partial charge in [0.2, 0.25) is 5.91 Å². The molecule has 0 aliphatic rings. The predicted molar refractivity (Wildman–Crippen MR) is 108 cm³/mol. The van der Waals surface area contributed by atoms with Crippen LogP contribution in [0.5, 0.6) is 0 Å². The van der Waals surface area contributed by atoms with Crippen molar-refractivity contribution in [2.24, 2.45) is 0 Å². The van der Waals surface area contributed by atoms with E-state index in [1.54, 1.807) is 0 Å². The maximum atomic E-state index is 12.2. The van der Waals surface area contributed by atoms with Gasteiger partial charge in [-0.3, -0.25) is 9.69 Å². The Hall–Kier alpha value is -1.45. The second-order valence-electron chi connectivity index (χ2n) is 6.36. The molecule has 0 saturated carbocycles. The van der Waals surface area contributed by atoms with E-state index in [4.69, 9.17) is 0 Å². The summed E-state index contributed by atoms with van der Waals surface area (Å²) in [5.74, 6) is 1.20. The molecule has 0 aliphatic heterocycles. The number of hydrogen-bond donors (Lipinski definition) is 1. The minimum absolute atomic E-state index is 0.0735. The standard InChI is InChI=1S/C17H28N6OS2/c1-6-8-9-23-15(13(7-2)22(4)5)20-21-17(23)26-11-14(24)19-16-18-12(3)10-25-16/h10,13H,6-9,11H2,1-5H3,(H,18,19,24). The molecule has 2 rings (SSSR count). The maximum Gasteiger partial charge on any atom is 0.236 e. The first-order chi connectivity index (χ1) is 12.5. The molecule has 2 aromatic heterocycles. The third kappa shape index (κ3) is 5.52. The Morgan fingerprint density at radius 2 is 2.15 bits per heavy atom. The molecule has 26 heavy (non-hydrogen) atoms. The van der Waals surface area contributed by atoms with Crippen molar-refractivity contribution in [2.75, 3.05) is 25.2 Å². The predicted octanol–water partition coefficient (Wildman–Crippen LogP) is 3.59. The molecule has 0 saturated heterocycles. The second kappa shape index (κ2) is 10.0. The number of thiazole rings is 1. The number of unbranched alkanes of at least 4 members (excludes halogenated alkanes) is 1. The van der Waals surface area contributed by atoms with Crippen molar-refractivity contribution in [1.29, 1.82) is 0 Å². The van der Waals surface area contributed by atoms with Gasteiger partial charge < -0.3 is 9.88 Å². The van der Waals surface area contributed by atoms with Gasteiger partial charge in [-0.05, 0) is 33.9 Å². The van der Waals surface area contributed by atoms with Crippen molar-refractivity contribution in [3.63, 3.8) is 0 Å². The van der Waals surface area contributed by atoms with E-state index < -0.39 is 0 Å². The molecule has 0 fully saturated rings. The molecule has 0 spiro atoms. The zero-order valence-corrected chi connectivity index (χ0v) is 17.8. The van der Waals surface area contributed by atoms with E-state index in [1.807, 2.05) is 12.3 Å². The number of carbonyl (C=O) groups is 1. The molecule has 0 radical (unpaired) electrons. The van der Waals surface area contributed by atoms with Crippen LogP contribution in [0.4, 0.5) is 5.13 Å². The largest absolute Gasteiger partial charge is 0.305 e. The van der Waals surface area contributed by atoms with Crippen LogP contribution < -0.4 is 5.32 Å². The molecule has 0 aliphatic carbocycles. The number of thioether (sulfide) groups is 1. The Kier molecular flexibility index (Phi) is 8.05. The minimum atomic E-state index is -0.0735. The van der Waals surface area contributed by atoms with Crippen LogP contribution in [-0.4, -0.2) is 50.4 Å². The van der Waals surface area contributed by atoms with Crippen molar-refractivity contribution in [1.82, 2.24) is 24.6 Å². The summed E-state index contributed by atoms with van der Waals surface area (Å²) in [5, 5.41) is 15.0. The van der Waals surface area contributed by atoms with Gasteiger partial charge in [-0.25, -0.2) is 4.98 Å². The number of nitrogens with zero attached hydrogens (tertiary/aromatic N) is 5. The lowest BCUT2D eigenvalue weighted by Crippen LogP contribution is -2.23. The zero-order valence-electron chi connectivity index (χ0n) is 16.2. The summed E-state index contributed by atoms with van der Waals surface area (Å²) in [7, 11) is 4.12. The summed E-state index contributed by atoms with van der Waals surface area (Å²) in [4.78, 5) is 18.6. The number of amides is 1. The molecule has 1 amide bonds. The Balaban J connectivity index is 2.07. The number of rotatable bonds is 10. The Labute approximate surface area is 163 Å². The Morgan fingerprint density at radius 1 is 1.38 bits per heavy atom. The number of aryl methyl sites for hydroxylation is 1. The summed E-state index contributed by atoms with van der Waals surface area (Å²) in [5.41, 5.74) is 0.913. The minimum Gasteiger partial charge on any atom is -0.305 e. The monoisotopic (exact) mass is 396 g/mol. The zero-order chi connectivity index (χ0) is 19.1. The average Bonchev–Trinajstić information content (AvgIpc) is 3.18. The highest BCUT2D eigenvalue weighted by molar-refractivity contribution is 7.99. The van der Waals surface area contributed by atoms with Crippen LogP contribution in [0.1, 0.15) is 50.7 Å². The average molecular weight is 397 g/mol. The van der Waals surface area contributed by atoms with Gasteiger partial charge in [-0.1, -0.05) is 32.0 Å². The van der Waals surface area contributed by atoms with E-state index in [0.717, 1.165) is 42.5 Å². The van der Waals surface area contributed by atoms with Crippen LogP contribution in [0, 0.1) is 6.92 Å². The topological polar surface area (TPSA) is 75.9 Å². The van der Waals surface area contributed by atoms with Crippen LogP contribution in [0.25, 0.3) is 0 Å². The van der Waals surface area contributed by atoms with Gasteiger partial charge in [-0.2, -0.15) is 0 Å². The first-order valence-corrected chi connectivity index (χ1v) is 10.8. The van der Waals surface area contributed by atoms with Gasteiger partial charge >= 0.3 is 0 Å². The fourth-order valence-electron chi connectivity index (χ4n) is 2.66. The third-order valence-electron chi connectivity index (χ3n) is 3.99. The van der Waals surface area contributed by atoms with Crippen molar-refractivity contribution in [3.05, 3.63) is 16.9 Å². The van der Waals surface area contributed by atoms with E-state index in [2.05, 4.69) is 57.9 Å². The SMILES string of the molecule is CCCCn1c(SCC(=O)Nc2nc(C)cs2)nnc1C(CC)N(C)C. The van der Waals surface area contributed by atoms with Gasteiger partial charge in [0, 0.05) is 11.9 Å². The molecular formula is C17H28N6OS2. The number of anilines is 1. The molecule has 9 heteroatoms. The summed E-state index contributed by atoms with van der Waals surface area (Å²) in [6.07, 6.45) is 3.13. The van der Waals surface area contributed by atoms with E-state index in [9.17, 15) is 4.79 Å². The molecule has 7 nitrogen and oxygen atoms in total. The smallest absolute Gasteiger partial charge is 0.236 e. The molecule has 0 bridgehead atoms. The summed E-state index contributed by atoms with van der Waals surface area (Å²) in [6, 6.07) is 0.223.